The summed E-state index contributed by atoms with van der Waals surface area (Å²) in [4.78, 5) is 28.9. The number of nitrogens with one attached hydrogen (secondary N) is 1. The summed E-state index contributed by atoms with van der Waals surface area (Å²) in [5, 5.41) is 6.34. The van der Waals surface area contributed by atoms with Gasteiger partial charge in [0.1, 0.15) is 18.1 Å². The lowest BCUT2D eigenvalue weighted by molar-refractivity contribution is 0.0598. The van der Waals surface area contributed by atoms with Gasteiger partial charge in [0.05, 0.1) is 32.4 Å². The predicted octanol–water partition coefficient (Wildman–Crippen LogP) is 5.54. The van der Waals surface area contributed by atoms with Gasteiger partial charge in [-0.1, -0.05) is 45.5 Å². The number of nitrogens with zero attached hydrogens (tertiary/aromatic N) is 2. The summed E-state index contributed by atoms with van der Waals surface area (Å²) in [7, 11) is 0.586. The van der Waals surface area contributed by atoms with Crippen molar-refractivity contribution in [3.05, 3.63) is 47.1 Å². The van der Waals surface area contributed by atoms with Crippen LogP contribution in [0.3, 0.4) is 0 Å². The molecule has 0 aliphatic carbocycles. The second kappa shape index (κ2) is 14.7. The van der Waals surface area contributed by atoms with Crippen LogP contribution in [0, 0.1) is 12.8 Å². The van der Waals surface area contributed by atoms with E-state index < -0.39 is 26.4 Å². The highest BCUT2D eigenvalue weighted by molar-refractivity contribution is 7.98. The van der Waals surface area contributed by atoms with Crippen LogP contribution in [0.4, 0.5) is 4.79 Å². The average Bonchev–Trinajstić information content (AvgIpc) is 3.40. The smallest absolute Gasteiger partial charge is 0.407 e. The normalized spacial score (nSPS) is 12.6. The third-order valence-electron chi connectivity index (χ3n) is 7.64. The van der Waals surface area contributed by atoms with Crippen molar-refractivity contribution in [2.45, 2.75) is 71.1 Å². The molecule has 0 spiro atoms. The van der Waals surface area contributed by atoms with Crippen molar-refractivity contribution >= 4 is 32.1 Å². The van der Waals surface area contributed by atoms with Crippen molar-refractivity contribution in [3.8, 4) is 11.5 Å². The molecule has 2 rings (SSSR count). The van der Waals surface area contributed by atoms with Crippen LogP contribution in [-0.2, 0) is 21.8 Å². The van der Waals surface area contributed by atoms with Crippen LogP contribution in [0.1, 0.15) is 66.9 Å². The van der Waals surface area contributed by atoms with Crippen LogP contribution in [0.25, 0.3) is 0 Å². The third kappa shape index (κ3) is 8.49. The SMILES string of the molecule is C=CCOC(=O)NCc1noc(C(N)CSCc2c(O[Si](C)(C)C(C)(C)C(C)C)cc(OC)c(C)c2C(=O)OC)n1. The maximum Gasteiger partial charge on any atom is 0.407 e. The number of benzene rings is 1. The van der Waals surface area contributed by atoms with Gasteiger partial charge in [-0.15, -0.1) is 0 Å². The molecular weight excluding hydrogens is 564 g/mol. The summed E-state index contributed by atoms with van der Waals surface area (Å²) in [6.45, 7) is 18.7. The number of carbonyl (C=O) groups excluding carboxylic acids is 2. The number of amides is 1. The molecule has 0 aliphatic heterocycles. The molecule has 41 heavy (non-hydrogen) atoms. The molecule has 0 saturated carbocycles. The molecule has 13 heteroatoms. The second-order valence-corrected chi connectivity index (χ2v) is 16.5. The first-order chi connectivity index (χ1) is 19.2. The molecule has 228 valence electrons. The monoisotopic (exact) mass is 608 g/mol. The fourth-order valence-corrected chi connectivity index (χ4v) is 7.29. The Balaban J connectivity index is 2.28. The molecule has 1 atom stereocenters. The molecule has 0 fully saturated rings. The number of hydrogen-bond donors (Lipinski definition) is 2. The Morgan fingerprint density at radius 2 is 1.95 bits per heavy atom. The van der Waals surface area contributed by atoms with E-state index in [2.05, 4.69) is 62.8 Å². The number of ether oxygens (including phenoxy) is 3. The molecule has 1 heterocycles. The Hall–Kier alpha value is -3.03. The van der Waals surface area contributed by atoms with Gasteiger partial charge in [-0.2, -0.15) is 16.7 Å². The highest BCUT2D eigenvalue weighted by atomic mass is 32.2. The van der Waals surface area contributed by atoms with Crippen LogP contribution in [-0.4, -0.2) is 57.1 Å². The lowest BCUT2D eigenvalue weighted by Crippen LogP contribution is -2.48. The van der Waals surface area contributed by atoms with Gasteiger partial charge in [0.2, 0.25) is 5.89 Å². The Labute approximate surface area is 248 Å². The number of carbonyl (C=O) groups is 2. The Morgan fingerprint density at radius 3 is 2.54 bits per heavy atom. The van der Waals surface area contributed by atoms with Gasteiger partial charge in [0.15, 0.2) is 5.82 Å². The topological polar surface area (TPSA) is 148 Å². The molecule has 0 aliphatic rings. The molecule has 0 saturated heterocycles. The molecule has 2 aromatic rings. The molecule has 1 aromatic carbocycles. The quantitative estimate of drug-likeness (QED) is 0.149. The van der Waals surface area contributed by atoms with E-state index in [1.807, 2.05) is 13.0 Å². The van der Waals surface area contributed by atoms with Gasteiger partial charge in [0, 0.05) is 28.7 Å². The summed E-state index contributed by atoms with van der Waals surface area (Å²) in [6, 6.07) is 1.28. The predicted molar refractivity (Wildman–Crippen MR) is 162 cm³/mol. The number of thioether (sulfide) groups is 1. The highest BCUT2D eigenvalue weighted by Gasteiger charge is 2.45. The van der Waals surface area contributed by atoms with Crippen LogP contribution in [0.15, 0.2) is 23.2 Å². The van der Waals surface area contributed by atoms with E-state index in [0.717, 1.165) is 5.56 Å². The summed E-state index contributed by atoms with van der Waals surface area (Å²) >= 11 is 1.50. The molecule has 1 amide bonds. The van der Waals surface area contributed by atoms with E-state index in [-0.39, 0.29) is 29.9 Å². The number of esters is 1. The number of aromatic nitrogens is 2. The van der Waals surface area contributed by atoms with Crippen LogP contribution in [0.5, 0.6) is 11.5 Å². The molecule has 3 N–H and O–H groups in total. The molecule has 1 unspecified atom stereocenters. The van der Waals surface area contributed by atoms with Crippen molar-refractivity contribution in [2.24, 2.45) is 11.7 Å². The number of rotatable bonds is 15. The Bertz CT molecular complexity index is 1220. The van der Waals surface area contributed by atoms with E-state index in [1.54, 1.807) is 7.11 Å². The van der Waals surface area contributed by atoms with Gasteiger partial charge in [-0.3, -0.25) is 0 Å². The lowest BCUT2D eigenvalue weighted by Gasteiger charge is -2.43. The van der Waals surface area contributed by atoms with E-state index in [1.165, 1.54) is 24.9 Å². The zero-order chi connectivity index (χ0) is 31.0. The minimum absolute atomic E-state index is 0.0278. The van der Waals surface area contributed by atoms with Crippen molar-refractivity contribution < 1.29 is 32.7 Å². The van der Waals surface area contributed by atoms with Gasteiger partial charge in [-0.25, -0.2) is 9.59 Å². The maximum atomic E-state index is 13.0. The molecule has 0 bridgehead atoms. The Morgan fingerprint density at radius 1 is 1.27 bits per heavy atom. The largest absolute Gasteiger partial charge is 0.543 e. The fraction of sp³-hybridized carbons (Fsp3) is 0.571. The van der Waals surface area contributed by atoms with E-state index >= 15 is 0 Å². The third-order valence-corrected chi connectivity index (χ3v) is 13.1. The molecule has 1 aromatic heterocycles. The number of hydrogen-bond acceptors (Lipinski definition) is 11. The van der Waals surface area contributed by atoms with Crippen LogP contribution in [0.2, 0.25) is 18.1 Å². The van der Waals surface area contributed by atoms with E-state index in [4.69, 9.17) is 28.9 Å². The van der Waals surface area contributed by atoms with Gasteiger partial charge < -0.3 is 34.2 Å². The molecule has 11 nitrogen and oxygen atoms in total. The fourth-order valence-electron chi connectivity index (χ4n) is 3.90. The van der Waals surface area contributed by atoms with Crippen molar-refractivity contribution in [2.75, 3.05) is 26.6 Å². The zero-order valence-corrected chi connectivity index (χ0v) is 27.4. The minimum Gasteiger partial charge on any atom is -0.543 e. The molecule has 0 radical (unpaired) electrons. The first-order valence-corrected chi connectivity index (χ1v) is 17.4. The van der Waals surface area contributed by atoms with Crippen LogP contribution < -0.4 is 20.2 Å². The van der Waals surface area contributed by atoms with Gasteiger partial charge in [-0.05, 0) is 31.0 Å². The van der Waals surface area contributed by atoms with Gasteiger partial charge in [0.25, 0.3) is 8.32 Å². The summed E-state index contributed by atoms with van der Waals surface area (Å²) in [5.41, 5.74) is 8.17. The number of nitrogens with two attached hydrogens (primary N) is 1. The maximum absolute atomic E-state index is 13.0. The average molecular weight is 609 g/mol. The number of alkyl carbamates (subject to hydrolysis) is 1. The first-order valence-electron chi connectivity index (χ1n) is 13.3. The summed E-state index contributed by atoms with van der Waals surface area (Å²) < 4.78 is 27.8. The second-order valence-electron chi connectivity index (χ2n) is 10.9. The number of methoxy groups -OCH3 is 2. The Kier molecular flexibility index (Phi) is 12.3. The summed E-state index contributed by atoms with van der Waals surface area (Å²) in [6.07, 6.45) is 0.849. The minimum atomic E-state index is -2.34. The zero-order valence-electron chi connectivity index (χ0n) is 25.6. The van der Waals surface area contributed by atoms with Crippen molar-refractivity contribution in [3.63, 3.8) is 0 Å². The van der Waals surface area contributed by atoms with E-state index in [9.17, 15) is 9.59 Å². The standard InChI is InChI=1S/C28H44N4O7SSi/c1-11-12-37-27(34)30-14-23-31-25(38-32-23)20(29)16-40-15-19-22(39-41(9,10)28(5,6)17(2)3)13-21(35-7)18(4)24(19)26(33)36-8/h11,13,17,20H,1,12,14-16,29H2,2-10H3,(H,30,34). The lowest BCUT2D eigenvalue weighted by atomic mass is 9.99. The summed E-state index contributed by atoms with van der Waals surface area (Å²) in [5.74, 6) is 2.42. The highest BCUT2D eigenvalue weighted by Crippen LogP contribution is 2.47. The molecular formula is C28H44N4O7SSi. The van der Waals surface area contributed by atoms with Crippen molar-refractivity contribution in [1.29, 1.82) is 0 Å². The van der Waals surface area contributed by atoms with E-state index in [0.29, 0.717) is 40.0 Å². The first kappa shape index (κ1) is 34.2. The van der Waals surface area contributed by atoms with Gasteiger partial charge >= 0.3 is 12.1 Å². The van der Waals surface area contributed by atoms with Crippen LogP contribution >= 0.6 is 11.8 Å². The van der Waals surface area contributed by atoms with Crippen molar-refractivity contribution in [1.82, 2.24) is 15.5 Å².